The molecule has 2 N–H and O–H groups in total. The van der Waals surface area contributed by atoms with Crippen LogP contribution in [0.5, 0.6) is 0 Å². The Morgan fingerprint density at radius 3 is 3.00 bits per heavy atom. The molecule has 2 heterocycles. The van der Waals surface area contributed by atoms with E-state index in [1.807, 2.05) is 23.5 Å². The van der Waals surface area contributed by atoms with E-state index in [9.17, 15) is 0 Å². The van der Waals surface area contributed by atoms with Gasteiger partial charge in [-0.3, -0.25) is 4.98 Å². The van der Waals surface area contributed by atoms with E-state index in [4.69, 9.17) is 5.73 Å². The van der Waals surface area contributed by atoms with Crippen molar-refractivity contribution in [2.45, 2.75) is 13.0 Å². The predicted octanol–water partition coefficient (Wildman–Crippen LogP) is 2.40. The molecule has 0 aromatic carbocycles. The van der Waals surface area contributed by atoms with Crippen LogP contribution in [-0.2, 0) is 13.0 Å². The van der Waals surface area contributed by atoms with Crippen molar-refractivity contribution in [3.05, 3.63) is 46.4 Å². The zero-order chi connectivity index (χ0) is 12.1. The molecule has 3 nitrogen and oxygen atoms in total. The molecule has 0 spiro atoms. The van der Waals surface area contributed by atoms with E-state index in [1.165, 1.54) is 4.88 Å². The third-order valence-electron chi connectivity index (χ3n) is 2.59. The summed E-state index contributed by atoms with van der Waals surface area (Å²) < 4.78 is 0. The van der Waals surface area contributed by atoms with E-state index in [1.54, 1.807) is 6.20 Å². The Morgan fingerprint density at radius 1 is 1.41 bits per heavy atom. The molecule has 0 saturated carbocycles. The van der Waals surface area contributed by atoms with Crippen molar-refractivity contribution < 1.29 is 0 Å². The molecule has 0 aliphatic rings. The van der Waals surface area contributed by atoms with Crippen molar-refractivity contribution in [2.24, 2.45) is 0 Å². The predicted molar refractivity (Wildman–Crippen MR) is 73.0 cm³/mol. The van der Waals surface area contributed by atoms with Crippen LogP contribution < -0.4 is 5.73 Å². The molecular formula is C13H17N3S. The fourth-order valence-corrected chi connectivity index (χ4v) is 2.39. The molecule has 0 amide bonds. The van der Waals surface area contributed by atoms with Crippen LogP contribution in [0.1, 0.15) is 10.6 Å². The first kappa shape index (κ1) is 12.1. The number of nitrogens with two attached hydrogens (primary N) is 1. The molecule has 17 heavy (non-hydrogen) atoms. The summed E-state index contributed by atoms with van der Waals surface area (Å²) in [6.45, 7) is 1.88. The molecule has 4 heteroatoms. The standard InChI is InChI=1S/C13H17N3S/c1-16(7-5-13-3-2-8-17-13)10-12-9-11(14)4-6-15-12/h2-4,6,8-9H,5,7,10H2,1H3,(H2,14,15). The van der Waals surface area contributed by atoms with E-state index in [0.29, 0.717) is 0 Å². The van der Waals surface area contributed by atoms with Crippen molar-refractivity contribution in [1.82, 2.24) is 9.88 Å². The summed E-state index contributed by atoms with van der Waals surface area (Å²) >= 11 is 1.81. The molecule has 2 aromatic rings. The topological polar surface area (TPSA) is 42.1 Å². The number of nitrogens with zero attached hydrogens (tertiary/aromatic N) is 2. The molecule has 0 atom stereocenters. The SMILES string of the molecule is CN(CCc1cccs1)Cc1cc(N)ccn1. The van der Waals surface area contributed by atoms with Gasteiger partial charge >= 0.3 is 0 Å². The van der Waals surface area contributed by atoms with Crippen LogP contribution in [-0.4, -0.2) is 23.5 Å². The highest BCUT2D eigenvalue weighted by molar-refractivity contribution is 7.09. The van der Waals surface area contributed by atoms with Crippen LogP contribution in [0, 0.1) is 0 Å². The zero-order valence-electron chi connectivity index (χ0n) is 9.97. The van der Waals surface area contributed by atoms with Crippen molar-refractivity contribution in [2.75, 3.05) is 19.3 Å². The zero-order valence-corrected chi connectivity index (χ0v) is 10.8. The van der Waals surface area contributed by atoms with Crippen LogP contribution in [0.15, 0.2) is 35.8 Å². The third-order valence-corrected chi connectivity index (χ3v) is 3.53. The van der Waals surface area contributed by atoms with Crippen molar-refractivity contribution >= 4 is 17.0 Å². The normalized spacial score (nSPS) is 10.9. The first-order valence-electron chi connectivity index (χ1n) is 5.65. The molecule has 0 radical (unpaired) electrons. The lowest BCUT2D eigenvalue weighted by atomic mass is 10.3. The monoisotopic (exact) mass is 247 g/mol. The van der Waals surface area contributed by atoms with Crippen LogP contribution in [0.3, 0.4) is 0 Å². The van der Waals surface area contributed by atoms with E-state index in [0.717, 1.165) is 30.9 Å². The van der Waals surface area contributed by atoms with Gasteiger partial charge in [-0.1, -0.05) is 6.07 Å². The number of likely N-dealkylation sites (N-methyl/N-ethyl adjacent to an activating group) is 1. The number of hydrogen-bond acceptors (Lipinski definition) is 4. The van der Waals surface area contributed by atoms with Crippen molar-refractivity contribution in [1.29, 1.82) is 0 Å². The van der Waals surface area contributed by atoms with Crippen LogP contribution in [0.2, 0.25) is 0 Å². The van der Waals surface area contributed by atoms with E-state index in [-0.39, 0.29) is 0 Å². The van der Waals surface area contributed by atoms with Gasteiger partial charge in [0, 0.05) is 29.9 Å². The average Bonchev–Trinajstić information content (AvgIpc) is 2.79. The van der Waals surface area contributed by atoms with Gasteiger partial charge in [-0.05, 0) is 37.0 Å². The molecule has 0 bridgehead atoms. The first-order valence-corrected chi connectivity index (χ1v) is 6.53. The van der Waals surface area contributed by atoms with Crippen molar-refractivity contribution in [3.63, 3.8) is 0 Å². The number of hydrogen-bond donors (Lipinski definition) is 1. The minimum atomic E-state index is 0.779. The smallest absolute Gasteiger partial charge is 0.0564 e. The van der Waals surface area contributed by atoms with Gasteiger partial charge in [-0.2, -0.15) is 0 Å². The van der Waals surface area contributed by atoms with Gasteiger partial charge in [0.15, 0.2) is 0 Å². The Balaban J connectivity index is 1.83. The Bertz CT molecular complexity index is 453. The molecule has 2 rings (SSSR count). The molecule has 0 fully saturated rings. The number of rotatable bonds is 5. The van der Waals surface area contributed by atoms with Crippen LogP contribution in [0.25, 0.3) is 0 Å². The van der Waals surface area contributed by atoms with Gasteiger partial charge in [-0.25, -0.2) is 0 Å². The third kappa shape index (κ3) is 3.84. The van der Waals surface area contributed by atoms with E-state index < -0.39 is 0 Å². The van der Waals surface area contributed by atoms with Gasteiger partial charge in [0.05, 0.1) is 5.69 Å². The molecule has 90 valence electrons. The summed E-state index contributed by atoms with van der Waals surface area (Å²) in [7, 11) is 2.11. The lowest BCUT2D eigenvalue weighted by Crippen LogP contribution is -2.21. The molecule has 2 aromatic heterocycles. The van der Waals surface area contributed by atoms with Gasteiger partial charge in [0.1, 0.15) is 0 Å². The number of pyridine rings is 1. The summed E-state index contributed by atoms with van der Waals surface area (Å²) in [5, 5.41) is 2.12. The molecule has 0 unspecified atom stereocenters. The average molecular weight is 247 g/mol. The van der Waals surface area contributed by atoms with Crippen molar-refractivity contribution in [3.8, 4) is 0 Å². The number of anilines is 1. The minimum Gasteiger partial charge on any atom is -0.399 e. The number of nitrogen functional groups attached to an aromatic ring is 1. The lowest BCUT2D eigenvalue weighted by molar-refractivity contribution is 0.328. The summed E-state index contributed by atoms with van der Waals surface area (Å²) in [5.74, 6) is 0. The van der Waals surface area contributed by atoms with Gasteiger partial charge < -0.3 is 10.6 Å². The molecule has 0 saturated heterocycles. The Hall–Kier alpha value is -1.39. The second kappa shape index (κ2) is 5.80. The fraction of sp³-hybridized carbons (Fsp3) is 0.308. The Labute approximate surface area is 106 Å². The fourth-order valence-electron chi connectivity index (χ4n) is 1.69. The molecular weight excluding hydrogens is 230 g/mol. The van der Waals surface area contributed by atoms with Crippen LogP contribution >= 0.6 is 11.3 Å². The molecule has 0 aliphatic heterocycles. The summed E-state index contributed by atoms with van der Waals surface area (Å²) in [4.78, 5) is 8.00. The number of thiophene rings is 1. The number of aromatic nitrogens is 1. The first-order chi connectivity index (χ1) is 8.24. The summed E-state index contributed by atoms with van der Waals surface area (Å²) in [6, 6.07) is 8.02. The van der Waals surface area contributed by atoms with E-state index >= 15 is 0 Å². The maximum atomic E-state index is 5.73. The quantitative estimate of drug-likeness (QED) is 0.882. The lowest BCUT2D eigenvalue weighted by Gasteiger charge is -2.15. The summed E-state index contributed by atoms with van der Waals surface area (Å²) in [5.41, 5.74) is 7.53. The maximum Gasteiger partial charge on any atom is 0.0564 e. The second-order valence-electron chi connectivity index (χ2n) is 4.15. The largest absolute Gasteiger partial charge is 0.399 e. The Kier molecular flexibility index (Phi) is 4.12. The molecule has 0 aliphatic carbocycles. The highest BCUT2D eigenvalue weighted by Gasteiger charge is 2.03. The highest BCUT2D eigenvalue weighted by Crippen LogP contribution is 2.10. The van der Waals surface area contributed by atoms with Crippen LogP contribution in [0.4, 0.5) is 5.69 Å². The minimum absolute atomic E-state index is 0.779. The Morgan fingerprint density at radius 2 is 2.29 bits per heavy atom. The van der Waals surface area contributed by atoms with Gasteiger partial charge in [-0.15, -0.1) is 11.3 Å². The van der Waals surface area contributed by atoms with Gasteiger partial charge in [0.25, 0.3) is 0 Å². The van der Waals surface area contributed by atoms with E-state index in [2.05, 4.69) is 34.4 Å². The maximum absolute atomic E-state index is 5.73. The summed E-state index contributed by atoms with van der Waals surface area (Å²) in [6.07, 6.45) is 2.86. The second-order valence-corrected chi connectivity index (χ2v) is 5.18. The highest BCUT2D eigenvalue weighted by atomic mass is 32.1. The van der Waals surface area contributed by atoms with Gasteiger partial charge in [0.2, 0.25) is 0 Å².